The Morgan fingerprint density at radius 2 is 1.80 bits per heavy atom. The van der Waals surface area contributed by atoms with E-state index in [0.717, 1.165) is 11.1 Å². The fourth-order valence-electron chi connectivity index (χ4n) is 2.07. The zero-order valence-electron chi connectivity index (χ0n) is 11.2. The molecular weight excluding hydrogens is 291 g/mol. The molecule has 20 heavy (non-hydrogen) atoms. The predicted octanol–water partition coefficient (Wildman–Crippen LogP) is 4.59. The van der Waals surface area contributed by atoms with Crippen LogP contribution in [-0.2, 0) is 11.0 Å². The summed E-state index contributed by atoms with van der Waals surface area (Å²) in [5, 5.41) is 0.382. The van der Waals surface area contributed by atoms with E-state index in [0.29, 0.717) is 23.2 Å². The second-order valence-corrected chi connectivity index (χ2v) is 6.88. The molecule has 1 atom stereocenters. The summed E-state index contributed by atoms with van der Waals surface area (Å²) < 4.78 is 12.2. The molecule has 0 heterocycles. The molecule has 0 aromatic heterocycles. The van der Waals surface area contributed by atoms with E-state index in [1.54, 1.807) is 12.1 Å². The highest BCUT2D eigenvalue weighted by atomic mass is 35.5. The number of carbonyl (C=O) groups excluding carboxylic acids is 1. The molecule has 1 unspecified atom stereocenters. The molecule has 0 fully saturated rings. The molecule has 0 aliphatic rings. The highest BCUT2D eigenvalue weighted by molar-refractivity contribution is 7.64. The second kappa shape index (κ2) is 6.88. The molecule has 104 valence electrons. The lowest BCUT2D eigenvalue weighted by atomic mass is 10.1. The maximum Gasteiger partial charge on any atom is 0.220 e. The lowest BCUT2D eigenvalue weighted by Crippen LogP contribution is -2.01. The Morgan fingerprint density at radius 3 is 2.45 bits per heavy atom. The van der Waals surface area contributed by atoms with Crippen LogP contribution in [0.5, 0.6) is 0 Å². The van der Waals surface area contributed by atoms with E-state index < -0.39 is 7.80 Å². The third kappa shape index (κ3) is 3.59. The first-order valence-electron chi connectivity index (χ1n) is 6.46. The normalized spacial score (nSPS) is 12.1. The van der Waals surface area contributed by atoms with Crippen LogP contribution >= 0.6 is 19.4 Å². The van der Waals surface area contributed by atoms with Crippen molar-refractivity contribution in [2.45, 2.75) is 13.3 Å². The fourth-order valence-corrected chi connectivity index (χ4v) is 3.82. The van der Waals surface area contributed by atoms with Gasteiger partial charge >= 0.3 is 0 Å². The number of hydrogen-bond acceptors (Lipinski definition) is 2. The molecule has 0 saturated heterocycles. The zero-order chi connectivity index (χ0) is 14.5. The van der Waals surface area contributed by atoms with Crippen LogP contribution in [0.25, 0.3) is 0 Å². The van der Waals surface area contributed by atoms with Crippen molar-refractivity contribution in [1.29, 1.82) is 0 Å². The highest BCUT2D eigenvalue weighted by Gasteiger charge is 2.19. The second-order valence-electron chi connectivity index (χ2n) is 4.67. The van der Waals surface area contributed by atoms with Crippen molar-refractivity contribution >= 4 is 24.9 Å². The zero-order valence-corrected chi connectivity index (χ0v) is 13.0. The Bertz CT molecular complexity index is 618. The van der Waals surface area contributed by atoms with Gasteiger partial charge in [0.05, 0.1) is 5.02 Å². The molecule has 4 heteroatoms. The summed E-state index contributed by atoms with van der Waals surface area (Å²) in [4.78, 5) is 12.3. The van der Waals surface area contributed by atoms with Gasteiger partial charge in [-0.05, 0) is 30.5 Å². The Kier molecular flexibility index (Phi) is 5.17. The molecule has 0 N–H and O–H groups in total. The van der Waals surface area contributed by atoms with Crippen LogP contribution in [0.15, 0.2) is 48.5 Å². The molecule has 2 nitrogen and oxygen atoms in total. The third-order valence-corrected chi connectivity index (χ3v) is 4.96. The Hall–Kier alpha value is -1.37. The molecular formula is C16H16ClO2P. The largest absolute Gasteiger partial charge is 0.318 e. The predicted molar refractivity (Wildman–Crippen MR) is 84.5 cm³/mol. The monoisotopic (exact) mass is 306 g/mol. The Balaban J connectivity index is 2.08. The van der Waals surface area contributed by atoms with Gasteiger partial charge in [0.25, 0.3) is 0 Å². The smallest absolute Gasteiger partial charge is 0.220 e. The van der Waals surface area contributed by atoms with Crippen molar-refractivity contribution in [3.8, 4) is 0 Å². The minimum absolute atomic E-state index is 0.311. The number of hydrogen-bond donors (Lipinski definition) is 0. The summed E-state index contributed by atoms with van der Waals surface area (Å²) in [6.07, 6.45) is 1.03. The first-order valence-corrected chi connectivity index (χ1v) is 8.45. The quantitative estimate of drug-likeness (QED) is 0.757. The van der Waals surface area contributed by atoms with Gasteiger partial charge < -0.3 is 4.57 Å². The van der Waals surface area contributed by atoms with Gasteiger partial charge in [0.15, 0.2) is 0 Å². The van der Waals surface area contributed by atoms with Crippen molar-refractivity contribution in [2.75, 3.05) is 6.16 Å². The molecule has 2 aromatic rings. The van der Waals surface area contributed by atoms with E-state index in [9.17, 15) is 9.36 Å². The SMILES string of the molecule is Cc1cccc(Cl)c1C(=O)[PH](=O)CCc1ccccc1. The topological polar surface area (TPSA) is 34.1 Å². The highest BCUT2D eigenvalue weighted by Crippen LogP contribution is 2.32. The molecule has 0 amide bonds. The average molecular weight is 307 g/mol. The van der Waals surface area contributed by atoms with Gasteiger partial charge in [-0.1, -0.05) is 54.1 Å². The van der Waals surface area contributed by atoms with Gasteiger partial charge in [0.1, 0.15) is 7.80 Å². The summed E-state index contributed by atoms with van der Waals surface area (Å²) in [5.74, 6) is 0. The molecule has 2 aromatic carbocycles. The van der Waals surface area contributed by atoms with E-state index in [1.807, 2.05) is 43.3 Å². The van der Waals surface area contributed by atoms with E-state index in [-0.39, 0.29) is 5.52 Å². The van der Waals surface area contributed by atoms with Crippen LogP contribution in [0.3, 0.4) is 0 Å². The number of carbonyl (C=O) groups is 1. The number of aryl methyl sites for hydroxylation is 2. The third-order valence-electron chi connectivity index (χ3n) is 3.19. The summed E-state index contributed by atoms with van der Waals surface area (Å²) in [5.41, 5.74) is 1.97. The van der Waals surface area contributed by atoms with Crippen LogP contribution in [0.1, 0.15) is 21.5 Å². The van der Waals surface area contributed by atoms with Gasteiger partial charge in [-0.15, -0.1) is 0 Å². The first-order chi connectivity index (χ1) is 9.59. The van der Waals surface area contributed by atoms with E-state index in [1.165, 1.54) is 0 Å². The molecule has 0 spiro atoms. The summed E-state index contributed by atoms with van der Waals surface area (Å²) >= 11 is 6.04. The minimum Gasteiger partial charge on any atom is -0.318 e. The van der Waals surface area contributed by atoms with Gasteiger partial charge in [0, 0.05) is 11.7 Å². The summed E-state index contributed by atoms with van der Waals surface area (Å²) in [7, 11) is -2.33. The van der Waals surface area contributed by atoms with Crippen molar-refractivity contribution in [3.05, 3.63) is 70.2 Å². The molecule has 2 rings (SSSR count). The van der Waals surface area contributed by atoms with Crippen LogP contribution in [0, 0.1) is 6.92 Å². The Morgan fingerprint density at radius 1 is 1.10 bits per heavy atom. The molecule has 0 bridgehead atoms. The van der Waals surface area contributed by atoms with Crippen molar-refractivity contribution in [2.24, 2.45) is 0 Å². The number of benzene rings is 2. The summed E-state index contributed by atoms with van der Waals surface area (Å²) in [6, 6.07) is 15.0. The first kappa shape index (κ1) is 15.0. The van der Waals surface area contributed by atoms with Crippen LogP contribution in [0.2, 0.25) is 5.02 Å². The summed E-state index contributed by atoms with van der Waals surface area (Å²) in [6.45, 7) is 1.81. The van der Waals surface area contributed by atoms with Gasteiger partial charge in [0.2, 0.25) is 5.52 Å². The van der Waals surface area contributed by atoms with E-state index in [4.69, 9.17) is 11.6 Å². The fraction of sp³-hybridized carbons (Fsp3) is 0.188. The van der Waals surface area contributed by atoms with Crippen molar-refractivity contribution < 1.29 is 9.36 Å². The maximum atomic E-state index is 12.3. The molecule has 0 aliphatic carbocycles. The number of halogens is 1. The Labute approximate surface area is 124 Å². The standard InChI is InChI=1S/C16H16ClO2P/c1-12-6-5-9-14(17)15(12)16(18)20(19)11-10-13-7-3-2-4-8-13/h2-9,20H,10-11H2,1H3. The molecule has 0 aliphatic heterocycles. The van der Waals surface area contributed by atoms with Gasteiger partial charge in [-0.25, -0.2) is 0 Å². The number of rotatable bonds is 5. The van der Waals surface area contributed by atoms with E-state index in [2.05, 4.69) is 0 Å². The van der Waals surface area contributed by atoms with E-state index >= 15 is 0 Å². The molecule has 0 radical (unpaired) electrons. The van der Waals surface area contributed by atoms with Crippen LogP contribution in [-0.4, -0.2) is 11.7 Å². The molecule has 0 saturated carbocycles. The lowest BCUT2D eigenvalue weighted by molar-refractivity contribution is 0.107. The van der Waals surface area contributed by atoms with Crippen LogP contribution < -0.4 is 0 Å². The minimum atomic E-state index is -2.33. The van der Waals surface area contributed by atoms with Crippen LogP contribution in [0.4, 0.5) is 0 Å². The van der Waals surface area contributed by atoms with Gasteiger partial charge in [-0.3, -0.25) is 4.79 Å². The van der Waals surface area contributed by atoms with Gasteiger partial charge in [-0.2, -0.15) is 0 Å². The maximum absolute atomic E-state index is 12.3. The van der Waals surface area contributed by atoms with Crippen molar-refractivity contribution in [3.63, 3.8) is 0 Å². The average Bonchev–Trinajstić information content (AvgIpc) is 2.45. The lowest BCUT2D eigenvalue weighted by Gasteiger charge is -2.07. The van der Waals surface area contributed by atoms with Crippen molar-refractivity contribution in [1.82, 2.24) is 0 Å².